The van der Waals surface area contributed by atoms with Gasteiger partial charge in [0, 0.05) is 25.5 Å². The van der Waals surface area contributed by atoms with Gasteiger partial charge < -0.3 is 14.0 Å². The number of carbonyl (C=O) groups is 2. The van der Waals surface area contributed by atoms with Crippen LogP contribution in [0.4, 0.5) is 0 Å². The van der Waals surface area contributed by atoms with Crippen LogP contribution in [0.1, 0.15) is 30.3 Å². The molecule has 1 aliphatic heterocycles. The maximum Gasteiger partial charge on any atom is 0.359 e. The largest absolute Gasteiger partial charge is 0.448 e. The molecule has 0 unspecified atom stereocenters. The molecule has 0 saturated carbocycles. The quantitative estimate of drug-likeness (QED) is 0.803. The van der Waals surface area contributed by atoms with E-state index in [0.29, 0.717) is 5.65 Å². The number of imidazole rings is 1. The summed E-state index contributed by atoms with van der Waals surface area (Å²) >= 11 is 0. The van der Waals surface area contributed by atoms with Crippen LogP contribution in [0.3, 0.4) is 0 Å². The molecule has 1 atom stereocenters. The van der Waals surface area contributed by atoms with Gasteiger partial charge in [0.1, 0.15) is 5.65 Å². The number of ether oxygens (including phenoxy) is 1. The molecule has 2 aromatic rings. The molecule has 3 heterocycles. The molecule has 0 N–H and O–H groups in total. The molecule has 0 radical (unpaired) electrons. The summed E-state index contributed by atoms with van der Waals surface area (Å²) in [7, 11) is 0. The normalized spacial score (nSPS) is 16.1. The number of rotatable bonds is 3. The predicted molar refractivity (Wildman–Crippen MR) is 75.9 cm³/mol. The Morgan fingerprint density at radius 2 is 2.05 bits per heavy atom. The monoisotopic (exact) mass is 287 g/mol. The lowest BCUT2D eigenvalue weighted by atomic mass is 10.3. The van der Waals surface area contributed by atoms with Gasteiger partial charge in [-0.1, -0.05) is 6.07 Å². The molecule has 6 nitrogen and oxygen atoms in total. The maximum absolute atomic E-state index is 12.1. The van der Waals surface area contributed by atoms with Crippen molar-refractivity contribution in [1.82, 2.24) is 14.3 Å². The molecule has 1 saturated heterocycles. The second kappa shape index (κ2) is 5.55. The molecular weight excluding hydrogens is 270 g/mol. The van der Waals surface area contributed by atoms with Gasteiger partial charge in [-0.3, -0.25) is 4.79 Å². The number of likely N-dealkylation sites (tertiary alicyclic amines) is 1. The number of fused-ring (bicyclic) bond motifs is 1. The van der Waals surface area contributed by atoms with Gasteiger partial charge in [0.2, 0.25) is 0 Å². The highest BCUT2D eigenvalue weighted by molar-refractivity contribution is 5.91. The van der Waals surface area contributed by atoms with Crippen LogP contribution >= 0.6 is 0 Å². The van der Waals surface area contributed by atoms with E-state index in [9.17, 15) is 9.59 Å². The van der Waals surface area contributed by atoms with E-state index in [2.05, 4.69) is 4.98 Å². The van der Waals surface area contributed by atoms with Crippen molar-refractivity contribution < 1.29 is 14.3 Å². The van der Waals surface area contributed by atoms with Crippen LogP contribution in [0.25, 0.3) is 5.65 Å². The molecule has 1 fully saturated rings. The number of carbonyl (C=O) groups excluding carboxylic acids is 2. The predicted octanol–water partition coefficient (Wildman–Crippen LogP) is 1.50. The summed E-state index contributed by atoms with van der Waals surface area (Å²) in [5.41, 5.74) is 0.880. The van der Waals surface area contributed by atoms with E-state index < -0.39 is 12.1 Å². The Kier molecular flexibility index (Phi) is 3.60. The van der Waals surface area contributed by atoms with Gasteiger partial charge in [0.05, 0.1) is 0 Å². The maximum atomic E-state index is 12.1. The highest BCUT2D eigenvalue weighted by Crippen LogP contribution is 2.12. The molecular formula is C15H17N3O3. The van der Waals surface area contributed by atoms with Gasteiger partial charge in [0.25, 0.3) is 5.91 Å². The minimum atomic E-state index is -0.777. The second-order valence-electron chi connectivity index (χ2n) is 5.17. The lowest BCUT2D eigenvalue weighted by Crippen LogP contribution is -2.38. The van der Waals surface area contributed by atoms with Crippen LogP contribution in [-0.4, -0.2) is 45.4 Å². The molecule has 1 amide bonds. The number of aromatic nitrogens is 2. The van der Waals surface area contributed by atoms with E-state index in [4.69, 9.17) is 4.74 Å². The summed E-state index contributed by atoms with van der Waals surface area (Å²) in [5.74, 6) is -0.705. The Morgan fingerprint density at radius 1 is 1.29 bits per heavy atom. The summed E-state index contributed by atoms with van der Waals surface area (Å²) < 4.78 is 6.97. The minimum Gasteiger partial charge on any atom is -0.448 e. The van der Waals surface area contributed by atoms with Gasteiger partial charge in [0.15, 0.2) is 11.8 Å². The standard InChI is InChI=1S/C15H17N3O3/c1-11(14(19)17-7-4-5-8-17)21-15(20)12-10-18-9-3-2-6-13(18)16-12/h2-3,6,9-11H,4-5,7-8H2,1H3/t11-/m0/s1. The van der Waals surface area contributed by atoms with Crippen molar-refractivity contribution in [2.24, 2.45) is 0 Å². The van der Waals surface area contributed by atoms with E-state index in [1.54, 1.807) is 34.7 Å². The van der Waals surface area contributed by atoms with E-state index in [0.717, 1.165) is 25.9 Å². The second-order valence-corrected chi connectivity index (χ2v) is 5.17. The number of amides is 1. The average Bonchev–Trinajstić information content (AvgIpc) is 3.15. The van der Waals surface area contributed by atoms with Gasteiger partial charge in [-0.25, -0.2) is 9.78 Å². The van der Waals surface area contributed by atoms with Crippen molar-refractivity contribution >= 4 is 17.5 Å². The summed E-state index contributed by atoms with van der Waals surface area (Å²) in [4.78, 5) is 30.1. The number of hydrogen-bond acceptors (Lipinski definition) is 4. The van der Waals surface area contributed by atoms with Gasteiger partial charge in [-0.15, -0.1) is 0 Å². The van der Waals surface area contributed by atoms with Crippen molar-refractivity contribution in [1.29, 1.82) is 0 Å². The number of nitrogens with zero attached hydrogens (tertiary/aromatic N) is 3. The van der Waals surface area contributed by atoms with E-state index in [1.165, 1.54) is 0 Å². The highest BCUT2D eigenvalue weighted by Gasteiger charge is 2.26. The third-order valence-corrected chi connectivity index (χ3v) is 3.62. The Bertz CT molecular complexity index is 641. The molecule has 3 rings (SSSR count). The fourth-order valence-electron chi connectivity index (χ4n) is 2.50. The topological polar surface area (TPSA) is 63.9 Å². The molecule has 0 spiro atoms. The Balaban J connectivity index is 1.68. The molecule has 6 heteroatoms. The van der Waals surface area contributed by atoms with Crippen molar-refractivity contribution in [3.8, 4) is 0 Å². The molecule has 21 heavy (non-hydrogen) atoms. The molecule has 2 aromatic heterocycles. The smallest absolute Gasteiger partial charge is 0.359 e. The van der Waals surface area contributed by atoms with Gasteiger partial charge >= 0.3 is 5.97 Å². The SMILES string of the molecule is C[C@H](OC(=O)c1cn2ccccc2n1)C(=O)N1CCCC1. The van der Waals surface area contributed by atoms with E-state index in [-0.39, 0.29) is 11.6 Å². The zero-order valence-electron chi connectivity index (χ0n) is 11.9. The van der Waals surface area contributed by atoms with E-state index >= 15 is 0 Å². The molecule has 0 aliphatic carbocycles. The first-order valence-electron chi connectivity index (χ1n) is 7.08. The third kappa shape index (κ3) is 2.74. The molecule has 0 bridgehead atoms. The van der Waals surface area contributed by atoms with Crippen LogP contribution in [0.2, 0.25) is 0 Å². The van der Waals surface area contributed by atoms with Crippen molar-refractivity contribution in [2.75, 3.05) is 13.1 Å². The van der Waals surface area contributed by atoms with Crippen LogP contribution < -0.4 is 0 Å². The first-order valence-corrected chi connectivity index (χ1v) is 7.08. The van der Waals surface area contributed by atoms with Gasteiger partial charge in [-0.05, 0) is 31.9 Å². The van der Waals surface area contributed by atoms with E-state index in [1.807, 2.05) is 12.1 Å². The van der Waals surface area contributed by atoms with Crippen LogP contribution in [0, 0.1) is 0 Å². The minimum absolute atomic E-state index is 0.135. The molecule has 1 aliphatic rings. The van der Waals surface area contributed by atoms with Crippen molar-refractivity contribution in [2.45, 2.75) is 25.9 Å². The zero-order chi connectivity index (χ0) is 14.8. The molecule has 110 valence electrons. The van der Waals surface area contributed by atoms with Gasteiger partial charge in [-0.2, -0.15) is 0 Å². The number of pyridine rings is 1. The zero-order valence-corrected chi connectivity index (χ0v) is 11.9. The van der Waals surface area contributed by atoms with Crippen LogP contribution in [0.15, 0.2) is 30.6 Å². The summed E-state index contributed by atoms with van der Waals surface area (Å²) in [6.45, 7) is 3.10. The van der Waals surface area contributed by atoms with Crippen LogP contribution in [-0.2, 0) is 9.53 Å². The Hall–Kier alpha value is -2.37. The Morgan fingerprint density at radius 3 is 2.76 bits per heavy atom. The molecule has 0 aromatic carbocycles. The fraction of sp³-hybridized carbons (Fsp3) is 0.400. The number of hydrogen-bond donors (Lipinski definition) is 0. The summed E-state index contributed by atoms with van der Waals surface area (Å²) in [5, 5.41) is 0. The summed E-state index contributed by atoms with van der Waals surface area (Å²) in [6, 6.07) is 5.50. The van der Waals surface area contributed by atoms with Crippen LogP contribution in [0.5, 0.6) is 0 Å². The average molecular weight is 287 g/mol. The highest BCUT2D eigenvalue weighted by atomic mass is 16.5. The van der Waals surface area contributed by atoms with Crippen molar-refractivity contribution in [3.63, 3.8) is 0 Å². The number of esters is 1. The Labute approximate surface area is 122 Å². The lowest BCUT2D eigenvalue weighted by molar-refractivity contribution is -0.138. The first-order chi connectivity index (χ1) is 10.1. The third-order valence-electron chi connectivity index (χ3n) is 3.62. The van der Waals surface area contributed by atoms with Crippen molar-refractivity contribution in [3.05, 3.63) is 36.3 Å². The lowest BCUT2D eigenvalue weighted by Gasteiger charge is -2.19. The fourth-order valence-corrected chi connectivity index (χ4v) is 2.50. The first kappa shape index (κ1) is 13.6. The summed E-state index contributed by atoms with van der Waals surface area (Å²) in [6.07, 6.45) is 4.65.